The fourth-order valence-corrected chi connectivity index (χ4v) is 2.17. The first-order valence-corrected chi connectivity index (χ1v) is 6.68. The number of fused-ring (bicyclic) bond motifs is 1. The molecule has 2 aromatic heterocycles. The van der Waals surface area contributed by atoms with Crippen molar-refractivity contribution in [2.75, 3.05) is 19.5 Å². The van der Waals surface area contributed by atoms with Crippen molar-refractivity contribution in [1.82, 2.24) is 9.97 Å². The van der Waals surface area contributed by atoms with Gasteiger partial charge in [-0.25, -0.2) is 9.78 Å². The second-order valence-corrected chi connectivity index (χ2v) is 4.69. The zero-order valence-electron chi connectivity index (χ0n) is 12.2. The standard InChI is InChI=1S/C16H15N3O3/c1-21-13-5-3-4-11(8-13)18-12-6-10-7-14(16(20)22-2)19-15(10)17-9-12/h3-9,18H,1-2H3,(H,17,19). The maximum absolute atomic E-state index is 11.5. The molecule has 0 aliphatic rings. The van der Waals surface area contributed by atoms with Crippen LogP contribution in [0.4, 0.5) is 11.4 Å². The summed E-state index contributed by atoms with van der Waals surface area (Å²) >= 11 is 0. The molecule has 2 heterocycles. The van der Waals surface area contributed by atoms with Crippen LogP contribution >= 0.6 is 0 Å². The van der Waals surface area contributed by atoms with Crippen molar-refractivity contribution in [2.45, 2.75) is 0 Å². The Bertz CT molecular complexity index is 826. The van der Waals surface area contributed by atoms with Gasteiger partial charge in [0.05, 0.1) is 26.1 Å². The number of carbonyl (C=O) groups excluding carboxylic acids is 1. The molecule has 0 radical (unpaired) electrons. The van der Waals surface area contributed by atoms with E-state index >= 15 is 0 Å². The topological polar surface area (TPSA) is 76.2 Å². The molecule has 0 aliphatic heterocycles. The van der Waals surface area contributed by atoms with Gasteiger partial charge in [-0.2, -0.15) is 0 Å². The van der Waals surface area contributed by atoms with E-state index in [0.29, 0.717) is 11.3 Å². The molecule has 0 spiro atoms. The lowest BCUT2D eigenvalue weighted by atomic mass is 10.2. The number of aromatic nitrogens is 2. The number of benzene rings is 1. The van der Waals surface area contributed by atoms with Crippen LogP contribution in [0.15, 0.2) is 42.6 Å². The largest absolute Gasteiger partial charge is 0.497 e. The number of methoxy groups -OCH3 is 2. The zero-order chi connectivity index (χ0) is 15.5. The number of H-pyrrole nitrogens is 1. The lowest BCUT2D eigenvalue weighted by Crippen LogP contribution is -2.00. The highest BCUT2D eigenvalue weighted by Gasteiger charge is 2.10. The number of nitrogens with one attached hydrogen (secondary N) is 2. The smallest absolute Gasteiger partial charge is 0.354 e. The fraction of sp³-hybridized carbons (Fsp3) is 0.125. The third-order valence-electron chi connectivity index (χ3n) is 3.23. The Morgan fingerprint density at radius 2 is 2.05 bits per heavy atom. The van der Waals surface area contributed by atoms with Crippen LogP contribution in [0.3, 0.4) is 0 Å². The van der Waals surface area contributed by atoms with Crippen LogP contribution < -0.4 is 10.1 Å². The minimum atomic E-state index is -0.416. The van der Waals surface area contributed by atoms with Gasteiger partial charge in [-0.15, -0.1) is 0 Å². The first-order chi connectivity index (χ1) is 10.7. The second kappa shape index (κ2) is 5.77. The van der Waals surface area contributed by atoms with Crippen LogP contribution in [0.5, 0.6) is 5.75 Å². The second-order valence-electron chi connectivity index (χ2n) is 4.69. The molecule has 22 heavy (non-hydrogen) atoms. The van der Waals surface area contributed by atoms with Crippen LogP contribution in [0, 0.1) is 0 Å². The van der Waals surface area contributed by atoms with Crippen LogP contribution in [0.1, 0.15) is 10.5 Å². The number of pyridine rings is 1. The Kier molecular flexibility index (Phi) is 3.65. The predicted molar refractivity (Wildman–Crippen MR) is 83.7 cm³/mol. The number of hydrogen-bond donors (Lipinski definition) is 2. The molecule has 0 amide bonds. The molecule has 0 bridgehead atoms. The Balaban J connectivity index is 1.89. The SMILES string of the molecule is COC(=O)c1cc2cc(Nc3cccc(OC)c3)cnc2[nH]1. The van der Waals surface area contributed by atoms with E-state index < -0.39 is 5.97 Å². The summed E-state index contributed by atoms with van der Waals surface area (Å²) in [6, 6.07) is 11.2. The van der Waals surface area contributed by atoms with E-state index in [9.17, 15) is 4.79 Å². The fourth-order valence-electron chi connectivity index (χ4n) is 2.17. The molecule has 6 nitrogen and oxygen atoms in total. The van der Waals surface area contributed by atoms with Crippen molar-refractivity contribution >= 4 is 28.4 Å². The molecule has 112 valence electrons. The molecular formula is C16H15N3O3. The van der Waals surface area contributed by atoms with Gasteiger partial charge in [0.15, 0.2) is 0 Å². The van der Waals surface area contributed by atoms with Gasteiger partial charge in [-0.05, 0) is 24.3 Å². The lowest BCUT2D eigenvalue weighted by Gasteiger charge is -2.07. The van der Waals surface area contributed by atoms with E-state index in [1.54, 1.807) is 19.4 Å². The number of aromatic amines is 1. The van der Waals surface area contributed by atoms with E-state index in [0.717, 1.165) is 22.5 Å². The van der Waals surface area contributed by atoms with Crippen molar-refractivity contribution < 1.29 is 14.3 Å². The van der Waals surface area contributed by atoms with Crippen molar-refractivity contribution in [3.05, 3.63) is 48.3 Å². The van der Waals surface area contributed by atoms with Gasteiger partial charge < -0.3 is 19.8 Å². The summed E-state index contributed by atoms with van der Waals surface area (Å²) in [5.41, 5.74) is 2.72. The third-order valence-corrected chi connectivity index (χ3v) is 3.23. The Labute approximate surface area is 127 Å². The molecule has 0 unspecified atom stereocenters. The first-order valence-electron chi connectivity index (χ1n) is 6.68. The lowest BCUT2D eigenvalue weighted by molar-refractivity contribution is 0.0595. The maximum Gasteiger partial charge on any atom is 0.354 e. The van der Waals surface area contributed by atoms with E-state index in [1.807, 2.05) is 30.3 Å². The van der Waals surface area contributed by atoms with E-state index in [1.165, 1.54) is 7.11 Å². The molecule has 0 saturated heterocycles. The Hall–Kier alpha value is -3.02. The summed E-state index contributed by atoms with van der Waals surface area (Å²) in [6.45, 7) is 0. The van der Waals surface area contributed by atoms with Gasteiger partial charge in [0, 0.05) is 17.1 Å². The molecular weight excluding hydrogens is 282 g/mol. The minimum absolute atomic E-state index is 0.378. The molecule has 3 rings (SSSR count). The Morgan fingerprint density at radius 1 is 1.18 bits per heavy atom. The number of hydrogen-bond acceptors (Lipinski definition) is 5. The average Bonchev–Trinajstić information content (AvgIpc) is 2.97. The van der Waals surface area contributed by atoms with Crippen molar-refractivity contribution in [3.63, 3.8) is 0 Å². The summed E-state index contributed by atoms with van der Waals surface area (Å²) in [5.74, 6) is 0.356. The quantitative estimate of drug-likeness (QED) is 0.724. The minimum Gasteiger partial charge on any atom is -0.497 e. The van der Waals surface area contributed by atoms with E-state index in [4.69, 9.17) is 4.74 Å². The van der Waals surface area contributed by atoms with Gasteiger partial charge in [0.1, 0.15) is 17.1 Å². The van der Waals surface area contributed by atoms with Crippen LogP contribution in [-0.2, 0) is 4.74 Å². The highest BCUT2D eigenvalue weighted by molar-refractivity contribution is 5.94. The van der Waals surface area contributed by atoms with Gasteiger partial charge >= 0.3 is 5.97 Å². The van der Waals surface area contributed by atoms with E-state index in [2.05, 4.69) is 20.0 Å². The molecule has 0 fully saturated rings. The van der Waals surface area contributed by atoms with Gasteiger partial charge in [-0.3, -0.25) is 0 Å². The van der Waals surface area contributed by atoms with Gasteiger partial charge in [0.25, 0.3) is 0 Å². The summed E-state index contributed by atoms with van der Waals surface area (Å²) in [4.78, 5) is 18.7. The summed E-state index contributed by atoms with van der Waals surface area (Å²) < 4.78 is 9.88. The van der Waals surface area contributed by atoms with Crippen LogP contribution in [0.25, 0.3) is 11.0 Å². The highest BCUT2D eigenvalue weighted by atomic mass is 16.5. The number of anilines is 2. The monoisotopic (exact) mass is 297 g/mol. The number of rotatable bonds is 4. The third kappa shape index (κ3) is 2.71. The number of ether oxygens (including phenoxy) is 2. The molecule has 2 N–H and O–H groups in total. The number of carbonyl (C=O) groups is 1. The van der Waals surface area contributed by atoms with Gasteiger partial charge in [-0.1, -0.05) is 6.07 Å². The molecule has 3 aromatic rings. The molecule has 0 atom stereocenters. The normalized spacial score (nSPS) is 10.5. The molecule has 1 aromatic carbocycles. The zero-order valence-corrected chi connectivity index (χ0v) is 12.2. The molecule has 0 saturated carbocycles. The molecule has 6 heteroatoms. The Morgan fingerprint density at radius 3 is 2.82 bits per heavy atom. The molecule has 0 aliphatic carbocycles. The predicted octanol–water partition coefficient (Wildman–Crippen LogP) is 3.10. The van der Waals surface area contributed by atoms with Crippen molar-refractivity contribution in [1.29, 1.82) is 0 Å². The average molecular weight is 297 g/mol. The maximum atomic E-state index is 11.5. The highest BCUT2D eigenvalue weighted by Crippen LogP contribution is 2.23. The summed E-state index contributed by atoms with van der Waals surface area (Å²) in [6.07, 6.45) is 1.69. The summed E-state index contributed by atoms with van der Waals surface area (Å²) in [5, 5.41) is 4.08. The van der Waals surface area contributed by atoms with Crippen LogP contribution in [-0.4, -0.2) is 30.2 Å². The van der Waals surface area contributed by atoms with Crippen molar-refractivity contribution in [3.8, 4) is 5.75 Å². The van der Waals surface area contributed by atoms with Gasteiger partial charge in [0.2, 0.25) is 0 Å². The van der Waals surface area contributed by atoms with Crippen LogP contribution in [0.2, 0.25) is 0 Å². The number of esters is 1. The first kappa shape index (κ1) is 13.9. The number of nitrogens with zero attached hydrogens (tertiary/aromatic N) is 1. The summed E-state index contributed by atoms with van der Waals surface area (Å²) in [7, 11) is 2.97. The van der Waals surface area contributed by atoms with E-state index in [-0.39, 0.29) is 0 Å². The van der Waals surface area contributed by atoms with Crippen molar-refractivity contribution in [2.24, 2.45) is 0 Å².